The van der Waals surface area contributed by atoms with E-state index in [1.165, 1.54) is 5.56 Å². The highest BCUT2D eigenvalue weighted by Gasteiger charge is 2.16. The molecule has 94 valence electrons. The van der Waals surface area contributed by atoms with Gasteiger partial charge in [-0.15, -0.1) is 0 Å². The average Bonchev–Trinajstić information content (AvgIpc) is 2.68. The molecule has 1 rings (SSSR count). The van der Waals surface area contributed by atoms with Crippen LogP contribution in [0.3, 0.4) is 0 Å². The maximum absolute atomic E-state index is 8.57. The summed E-state index contributed by atoms with van der Waals surface area (Å²) in [6.07, 6.45) is 6.54. The molecular weight excluding hydrogens is 212 g/mol. The molecule has 0 bridgehead atoms. The summed E-state index contributed by atoms with van der Waals surface area (Å²) in [5.41, 5.74) is 1.46. The maximum atomic E-state index is 8.57. The molecule has 0 saturated heterocycles. The fraction of sp³-hybridized carbons (Fsp3) is 0.692. The minimum Gasteiger partial charge on any atom is -0.316 e. The first-order chi connectivity index (χ1) is 8.03. The van der Waals surface area contributed by atoms with Crippen LogP contribution >= 0.6 is 0 Å². The first-order valence-electron chi connectivity index (χ1n) is 6.09. The molecule has 0 unspecified atom stereocenters. The molecule has 17 heavy (non-hydrogen) atoms. The minimum absolute atomic E-state index is 0.199. The zero-order valence-electron chi connectivity index (χ0n) is 11.0. The lowest BCUT2D eigenvalue weighted by Gasteiger charge is -2.23. The molecule has 0 saturated carbocycles. The van der Waals surface area contributed by atoms with E-state index in [9.17, 15) is 0 Å². The number of rotatable bonds is 7. The topological polar surface area (TPSA) is 53.6 Å². The fourth-order valence-corrected chi connectivity index (χ4v) is 1.74. The van der Waals surface area contributed by atoms with Gasteiger partial charge in [0.1, 0.15) is 0 Å². The predicted octanol–water partition coefficient (Wildman–Crippen LogP) is 1.88. The zero-order chi connectivity index (χ0) is 12.7. The second-order valence-corrected chi connectivity index (χ2v) is 5.27. The number of aromatic nitrogens is 2. The van der Waals surface area contributed by atoms with Gasteiger partial charge < -0.3 is 5.32 Å². The molecule has 0 amide bonds. The van der Waals surface area contributed by atoms with Gasteiger partial charge in [-0.25, -0.2) is 0 Å². The number of hydrogen-bond acceptors (Lipinski definition) is 3. The van der Waals surface area contributed by atoms with E-state index < -0.39 is 0 Å². The maximum Gasteiger partial charge on any atom is 0.0621 e. The zero-order valence-corrected chi connectivity index (χ0v) is 11.0. The van der Waals surface area contributed by atoms with Crippen molar-refractivity contribution in [3.63, 3.8) is 0 Å². The Balaban J connectivity index is 2.17. The van der Waals surface area contributed by atoms with E-state index in [0.29, 0.717) is 6.42 Å². The van der Waals surface area contributed by atoms with Gasteiger partial charge in [0, 0.05) is 26.2 Å². The lowest BCUT2D eigenvalue weighted by atomic mass is 9.88. The van der Waals surface area contributed by atoms with Gasteiger partial charge in [0.05, 0.1) is 12.3 Å². The molecule has 0 aliphatic carbocycles. The van der Waals surface area contributed by atoms with Crippen LogP contribution in [0.5, 0.6) is 0 Å². The van der Waals surface area contributed by atoms with Gasteiger partial charge in [0.25, 0.3) is 0 Å². The van der Waals surface area contributed by atoms with Crippen LogP contribution in [0.4, 0.5) is 0 Å². The Labute approximate surface area is 104 Å². The molecule has 0 aromatic carbocycles. The van der Waals surface area contributed by atoms with Crippen molar-refractivity contribution < 1.29 is 0 Å². The highest BCUT2D eigenvalue weighted by atomic mass is 15.2. The summed E-state index contributed by atoms with van der Waals surface area (Å²) < 4.78 is 1.83. The smallest absolute Gasteiger partial charge is 0.0621 e. The van der Waals surface area contributed by atoms with E-state index in [1.54, 1.807) is 0 Å². The fourth-order valence-electron chi connectivity index (χ4n) is 1.74. The summed E-state index contributed by atoms with van der Waals surface area (Å²) in [4.78, 5) is 0. The minimum atomic E-state index is 0.199. The van der Waals surface area contributed by atoms with Crippen molar-refractivity contribution in [3.05, 3.63) is 18.0 Å². The number of nitrogens with zero attached hydrogens (tertiary/aromatic N) is 3. The quantitative estimate of drug-likeness (QED) is 0.733. The second kappa shape index (κ2) is 6.41. The molecule has 4 heteroatoms. The average molecular weight is 234 g/mol. The Kier molecular flexibility index (Phi) is 5.17. The summed E-state index contributed by atoms with van der Waals surface area (Å²) >= 11 is 0. The summed E-state index contributed by atoms with van der Waals surface area (Å²) in [5, 5.41) is 16.2. The molecule has 1 aromatic rings. The van der Waals surface area contributed by atoms with E-state index in [2.05, 4.69) is 30.3 Å². The summed E-state index contributed by atoms with van der Waals surface area (Å²) in [7, 11) is 1.93. The summed E-state index contributed by atoms with van der Waals surface area (Å²) in [6.45, 7) is 6.31. The molecule has 0 atom stereocenters. The Hall–Kier alpha value is -1.34. The van der Waals surface area contributed by atoms with Crippen molar-refractivity contribution in [1.29, 1.82) is 5.26 Å². The molecule has 1 aromatic heterocycles. The van der Waals surface area contributed by atoms with E-state index in [1.807, 2.05) is 24.1 Å². The Bertz CT molecular complexity index is 373. The van der Waals surface area contributed by atoms with E-state index in [0.717, 1.165) is 25.9 Å². The van der Waals surface area contributed by atoms with E-state index in [4.69, 9.17) is 5.26 Å². The number of nitrogens with one attached hydrogen (secondary N) is 1. The molecule has 0 fully saturated rings. The van der Waals surface area contributed by atoms with Crippen molar-refractivity contribution in [1.82, 2.24) is 15.1 Å². The van der Waals surface area contributed by atoms with Crippen LogP contribution in [-0.4, -0.2) is 22.9 Å². The largest absolute Gasteiger partial charge is 0.316 e. The van der Waals surface area contributed by atoms with Crippen LogP contribution in [0.15, 0.2) is 12.4 Å². The Morgan fingerprint density at radius 1 is 1.53 bits per heavy atom. The first-order valence-corrected chi connectivity index (χ1v) is 6.09. The normalized spacial score (nSPS) is 11.4. The predicted molar refractivity (Wildman–Crippen MR) is 68.4 cm³/mol. The van der Waals surface area contributed by atoms with E-state index >= 15 is 0 Å². The lowest BCUT2D eigenvalue weighted by molar-refractivity contribution is 0.319. The van der Waals surface area contributed by atoms with Gasteiger partial charge in [0.15, 0.2) is 0 Å². The van der Waals surface area contributed by atoms with Crippen molar-refractivity contribution in [2.75, 3.05) is 13.1 Å². The summed E-state index contributed by atoms with van der Waals surface area (Å²) in [5.74, 6) is 0. The van der Waals surface area contributed by atoms with Gasteiger partial charge in [-0.05, 0) is 30.4 Å². The van der Waals surface area contributed by atoms with Crippen molar-refractivity contribution >= 4 is 0 Å². The molecule has 0 aliphatic heterocycles. The second-order valence-electron chi connectivity index (χ2n) is 5.27. The molecular formula is C13H22N4. The van der Waals surface area contributed by atoms with Crippen LogP contribution in [-0.2, 0) is 13.5 Å². The van der Waals surface area contributed by atoms with Crippen LogP contribution < -0.4 is 5.32 Å². The van der Waals surface area contributed by atoms with Gasteiger partial charge >= 0.3 is 0 Å². The van der Waals surface area contributed by atoms with E-state index in [-0.39, 0.29) is 5.41 Å². The first kappa shape index (κ1) is 13.7. The third-order valence-corrected chi connectivity index (χ3v) is 2.87. The van der Waals surface area contributed by atoms with Gasteiger partial charge in [-0.3, -0.25) is 4.68 Å². The SMILES string of the molecule is Cn1cc(CCNCC(C)(C)CCC#N)cn1. The van der Waals surface area contributed by atoms with Crippen molar-refractivity contribution in [2.24, 2.45) is 12.5 Å². The Morgan fingerprint density at radius 2 is 2.29 bits per heavy atom. The van der Waals surface area contributed by atoms with Gasteiger partial charge in [-0.1, -0.05) is 13.8 Å². The highest BCUT2D eigenvalue weighted by Crippen LogP contribution is 2.20. The third-order valence-electron chi connectivity index (χ3n) is 2.87. The number of nitriles is 1. The van der Waals surface area contributed by atoms with Crippen molar-refractivity contribution in [3.8, 4) is 6.07 Å². The molecule has 4 nitrogen and oxygen atoms in total. The summed E-state index contributed by atoms with van der Waals surface area (Å²) in [6, 6.07) is 2.20. The monoisotopic (exact) mass is 234 g/mol. The van der Waals surface area contributed by atoms with Gasteiger partial charge in [0.2, 0.25) is 0 Å². The molecule has 0 spiro atoms. The van der Waals surface area contributed by atoms with Crippen LogP contribution in [0, 0.1) is 16.7 Å². The van der Waals surface area contributed by atoms with Crippen molar-refractivity contribution in [2.45, 2.75) is 33.1 Å². The van der Waals surface area contributed by atoms with Crippen LogP contribution in [0.25, 0.3) is 0 Å². The third kappa shape index (κ3) is 5.50. The standard InChI is InChI=1S/C13H22N4/c1-13(2,6-4-7-14)11-15-8-5-12-9-16-17(3)10-12/h9-10,15H,4-6,8,11H2,1-3H3. The molecule has 1 N–H and O–H groups in total. The van der Waals surface area contributed by atoms with Crippen LogP contribution in [0.2, 0.25) is 0 Å². The Morgan fingerprint density at radius 3 is 2.88 bits per heavy atom. The number of aryl methyl sites for hydroxylation is 1. The van der Waals surface area contributed by atoms with Crippen LogP contribution in [0.1, 0.15) is 32.3 Å². The highest BCUT2D eigenvalue weighted by molar-refractivity contribution is 5.03. The molecule has 1 heterocycles. The molecule has 0 aliphatic rings. The lowest BCUT2D eigenvalue weighted by Crippen LogP contribution is -2.30. The molecule has 0 radical (unpaired) electrons. The van der Waals surface area contributed by atoms with Gasteiger partial charge in [-0.2, -0.15) is 10.4 Å². The number of hydrogen-bond donors (Lipinski definition) is 1.